The number of anilines is 3. The quantitative estimate of drug-likeness (QED) is 0.160. The van der Waals surface area contributed by atoms with Crippen LogP contribution in [0.1, 0.15) is 22.3 Å². The lowest BCUT2D eigenvalue weighted by Crippen LogP contribution is -2.28. The Bertz CT molecular complexity index is 3380. The van der Waals surface area contributed by atoms with Gasteiger partial charge < -0.3 is 9.32 Å². The molecule has 1 aliphatic carbocycles. The van der Waals surface area contributed by atoms with Crippen molar-refractivity contribution in [1.82, 2.24) is 0 Å². The highest BCUT2D eigenvalue weighted by Crippen LogP contribution is 2.60. The van der Waals surface area contributed by atoms with Gasteiger partial charge in [-0.1, -0.05) is 194 Å². The normalized spacial score (nSPS) is 12.7. The molecule has 12 rings (SSSR count). The first-order valence-electron chi connectivity index (χ1n) is 21.0. The van der Waals surface area contributed by atoms with Crippen LogP contribution in [0.25, 0.3) is 66.1 Å². The zero-order valence-electron chi connectivity index (χ0n) is 33.4. The zero-order chi connectivity index (χ0) is 40.3. The Hall–Kier alpha value is -7.94. The lowest BCUT2D eigenvalue weighted by atomic mass is 9.68. The number of benzene rings is 10. The van der Waals surface area contributed by atoms with Crippen LogP contribution in [0.15, 0.2) is 241 Å². The van der Waals surface area contributed by atoms with E-state index in [9.17, 15) is 0 Å². The molecule has 1 heterocycles. The average molecular weight is 778 g/mol. The van der Waals surface area contributed by atoms with Gasteiger partial charge >= 0.3 is 0 Å². The van der Waals surface area contributed by atoms with Crippen molar-refractivity contribution in [1.29, 1.82) is 0 Å². The molecular formula is C59H39NO. The third-order valence-corrected chi connectivity index (χ3v) is 12.7. The maximum absolute atomic E-state index is 6.63. The second-order valence-electron chi connectivity index (χ2n) is 16.0. The molecule has 0 atom stereocenters. The smallest absolute Gasteiger partial charge is 0.137 e. The van der Waals surface area contributed by atoms with Crippen LogP contribution in [0.2, 0.25) is 0 Å². The van der Waals surface area contributed by atoms with Gasteiger partial charge in [-0.25, -0.2) is 0 Å². The number of nitrogens with zero attached hydrogens (tertiary/aromatic N) is 1. The standard InChI is InChI=1S/C59H39NO/c1-4-18-41(19-5-1)48-35-33-44(43-32-31-40-17-10-11-20-42(40)37-43)38-55(48)60(47-34-36-50-49-25-13-15-30-56(49)61-57(50)39-47)54-29-16-28-53-58(54)51-26-12-14-27-52(51)59(53,45-21-6-2-7-22-45)46-23-8-3-9-24-46/h1-39H. The van der Waals surface area contributed by atoms with Gasteiger partial charge in [0.1, 0.15) is 11.2 Å². The molecule has 0 saturated heterocycles. The average Bonchev–Trinajstić information content (AvgIpc) is 3.86. The summed E-state index contributed by atoms with van der Waals surface area (Å²) in [7, 11) is 0. The molecule has 11 aromatic rings. The van der Waals surface area contributed by atoms with Crippen LogP contribution in [0, 0.1) is 0 Å². The van der Waals surface area contributed by atoms with Gasteiger partial charge in [0, 0.05) is 33.7 Å². The number of rotatable bonds is 7. The van der Waals surface area contributed by atoms with Gasteiger partial charge in [-0.3, -0.25) is 0 Å². The summed E-state index contributed by atoms with van der Waals surface area (Å²) in [5.74, 6) is 0. The number of fused-ring (bicyclic) bond motifs is 7. The summed E-state index contributed by atoms with van der Waals surface area (Å²) in [6.45, 7) is 0. The van der Waals surface area contributed by atoms with Crippen molar-refractivity contribution < 1.29 is 4.42 Å². The summed E-state index contributed by atoms with van der Waals surface area (Å²) in [5, 5.41) is 4.66. The fourth-order valence-corrected chi connectivity index (χ4v) is 10.0. The van der Waals surface area contributed by atoms with Gasteiger partial charge in [-0.2, -0.15) is 0 Å². The first-order valence-corrected chi connectivity index (χ1v) is 21.0. The minimum absolute atomic E-state index is 0.548. The predicted molar refractivity (Wildman–Crippen MR) is 254 cm³/mol. The number of hydrogen-bond donors (Lipinski definition) is 0. The van der Waals surface area contributed by atoms with Crippen LogP contribution in [0.5, 0.6) is 0 Å². The highest BCUT2D eigenvalue weighted by molar-refractivity contribution is 6.07. The van der Waals surface area contributed by atoms with Gasteiger partial charge in [0.15, 0.2) is 0 Å². The number of para-hydroxylation sites is 1. The van der Waals surface area contributed by atoms with E-state index in [0.29, 0.717) is 0 Å². The Kier molecular flexibility index (Phi) is 8.11. The molecule has 0 saturated carbocycles. The molecule has 286 valence electrons. The fraction of sp³-hybridized carbons (Fsp3) is 0.0169. The van der Waals surface area contributed by atoms with E-state index in [4.69, 9.17) is 4.42 Å². The minimum atomic E-state index is -0.548. The first-order chi connectivity index (χ1) is 30.3. The van der Waals surface area contributed by atoms with E-state index >= 15 is 0 Å². The largest absolute Gasteiger partial charge is 0.456 e. The summed E-state index contributed by atoms with van der Waals surface area (Å²) >= 11 is 0. The van der Waals surface area contributed by atoms with Gasteiger partial charge in [0.25, 0.3) is 0 Å². The summed E-state index contributed by atoms with van der Waals surface area (Å²) in [6.07, 6.45) is 0. The van der Waals surface area contributed by atoms with Crippen molar-refractivity contribution in [2.45, 2.75) is 5.41 Å². The Morgan fingerprint density at radius 2 is 0.967 bits per heavy atom. The van der Waals surface area contributed by atoms with Crippen molar-refractivity contribution in [3.63, 3.8) is 0 Å². The first kappa shape index (κ1) is 35.0. The maximum atomic E-state index is 6.63. The third kappa shape index (κ3) is 5.50. The van der Waals surface area contributed by atoms with E-state index in [0.717, 1.165) is 55.7 Å². The Morgan fingerprint density at radius 3 is 1.77 bits per heavy atom. The van der Waals surface area contributed by atoms with Crippen molar-refractivity contribution in [2.24, 2.45) is 0 Å². The van der Waals surface area contributed by atoms with Gasteiger partial charge in [-0.15, -0.1) is 0 Å². The topological polar surface area (TPSA) is 16.4 Å². The molecule has 0 bridgehead atoms. The van der Waals surface area contributed by atoms with Crippen LogP contribution in [0.4, 0.5) is 17.1 Å². The molecular weight excluding hydrogens is 739 g/mol. The molecule has 0 fully saturated rings. The molecule has 10 aromatic carbocycles. The van der Waals surface area contributed by atoms with Crippen LogP contribution >= 0.6 is 0 Å². The van der Waals surface area contributed by atoms with E-state index in [1.807, 2.05) is 6.07 Å². The summed E-state index contributed by atoms with van der Waals surface area (Å²) in [6, 6.07) is 86.2. The van der Waals surface area contributed by atoms with Crippen molar-refractivity contribution in [2.75, 3.05) is 4.90 Å². The summed E-state index contributed by atoms with van der Waals surface area (Å²) in [5.41, 5.74) is 16.4. The fourth-order valence-electron chi connectivity index (χ4n) is 10.0. The molecule has 0 N–H and O–H groups in total. The van der Waals surface area contributed by atoms with E-state index in [1.165, 1.54) is 49.7 Å². The van der Waals surface area contributed by atoms with Crippen LogP contribution < -0.4 is 4.90 Å². The lowest BCUT2D eigenvalue weighted by molar-refractivity contribution is 0.669. The molecule has 0 aliphatic heterocycles. The van der Waals surface area contributed by atoms with Crippen LogP contribution in [-0.2, 0) is 5.41 Å². The second kappa shape index (κ2) is 14.1. The minimum Gasteiger partial charge on any atom is -0.456 e. The van der Waals surface area contributed by atoms with Crippen molar-refractivity contribution in [3.05, 3.63) is 259 Å². The highest BCUT2D eigenvalue weighted by Gasteiger charge is 2.47. The maximum Gasteiger partial charge on any atom is 0.137 e. The SMILES string of the molecule is c1ccc(-c2ccc(-c3ccc4ccccc4c3)cc2N(c2ccc3c(c2)oc2ccccc23)c2cccc3c2-c2ccccc2C3(c2ccccc2)c2ccccc2)cc1. The molecule has 0 spiro atoms. The zero-order valence-corrected chi connectivity index (χ0v) is 33.4. The van der Waals surface area contributed by atoms with Gasteiger partial charge in [0.2, 0.25) is 0 Å². The summed E-state index contributed by atoms with van der Waals surface area (Å²) < 4.78 is 6.63. The van der Waals surface area contributed by atoms with Crippen molar-refractivity contribution in [3.8, 4) is 33.4 Å². The number of hydrogen-bond acceptors (Lipinski definition) is 2. The highest BCUT2D eigenvalue weighted by atomic mass is 16.3. The molecule has 1 aromatic heterocycles. The molecule has 0 radical (unpaired) electrons. The number of furan rings is 1. The van der Waals surface area contributed by atoms with Crippen LogP contribution in [0.3, 0.4) is 0 Å². The third-order valence-electron chi connectivity index (χ3n) is 12.7. The Balaban J connectivity index is 1.19. The molecule has 61 heavy (non-hydrogen) atoms. The Morgan fingerprint density at radius 1 is 0.344 bits per heavy atom. The molecule has 0 unspecified atom stereocenters. The van der Waals surface area contributed by atoms with E-state index < -0.39 is 5.41 Å². The summed E-state index contributed by atoms with van der Waals surface area (Å²) in [4.78, 5) is 2.49. The van der Waals surface area contributed by atoms with Crippen molar-refractivity contribution >= 4 is 49.8 Å². The molecule has 2 nitrogen and oxygen atoms in total. The Labute approximate surface area is 355 Å². The molecule has 0 amide bonds. The van der Waals surface area contributed by atoms with Gasteiger partial charge in [0.05, 0.1) is 16.8 Å². The van der Waals surface area contributed by atoms with E-state index in [-0.39, 0.29) is 0 Å². The van der Waals surface area contributed by atoms with Gasteiger partial charge in [-0.05, 0) is 91.7 Å². The molecule has 2 heteroatoms. The van der Waals surface area contributed by atoms with E-state index in [1.54, 1.807) is 0 Å². The predicted octanol–water partition coefficient (Wildman–Crippen LogP) is 15.9. The lowest BCUT2D eigenvalue weighted by Gasteiger charge is -2.34. The monoisotopic (exact) mass is 777 g/mol. The second-order valence-corrected chi connectivity index (χ2v) is 16.0. The van der Waals surface area contributed by atoms with Crippen LogP contribution in [-0.4, -0.2) is 0 Å². The molecule has 1 aliphatic rings. The van der Waals surface area contributed by atoms with E-state index in [2.05, 4.69) is 235 Å².